The van der Waals surface area contributed by atoms with Gasteiger partial charge in [0.25, 0.3) is 5.91 Å². The second kappa shape index (κ2) is 7.50. The molecule has 0 spiro atoms. The first-order valence-electron chi connectivity index (χ1n) is 7.83. The Bertz CT molecular complexity index is 813. The van der Waals surface area contributed by atoms with Crippen LogP contribution in [-0.4, -0.2) is 17.7 Å². The summed E-state index contributed by atoms with van der Waals surface area (Å²) in [6.07, 6.45) is 0. The molecule has 0 heterocycles. The number of halogens is 1. The normalized spacial score (nSPS) is 12.1. The highest BCUT2D eigenvalue weighted by molar-refractivity contribution is 6.30. The van der Waals surface area contributed by atoms with Crippen LogP contribution in [0.2, 0.25) is 5.02 Å². The minimum absolute atomic E-state index is 0.195. The van der Waals surface area contributed by atoms with Crippen molar-refractivity contribution in [3.8, 4) is 6.07 Å². The fourth-order valence-corrected chi connectivity index (χ4v) is 2.49. The first-order valence-corrected chi connectivity index (χ1v) is 8.21. The molecule has 1 atom stereocenters. The molecule has 2 aromatic carbocycles. The van der Waals surface area contributed by atoms with Crippen LogP contribution < -0.4 is 5.32 Å². The SMILES string of the molecule is CC(C)(C)C(NC(=O)c1ccc(Cl)cc1)C(=O)c1ccc(C#N)cc1. The van der Waals surface area contributed by atoms with Gasteiger partial charge >= 0.3 is 0 Å². The Morgan fingerprint density at radius 1 is 1.00 bits per heavy atom. The molecule has 1 amide bonds. The van der Waals surface area contributed by atoms with Gasteiger partial charge in [-0.3, -0.25) is 9.59 Å². The number of nitrogens with zero attached hydrogens (tertiary/aromatic N) is 1. The minimum Gasteiger partial charge on any atom is -0.341 e. The molecule has 0 aliphatic heterocycles. The van der Waals surface area contributed by atoms with Gasteiger partial charge in [-0.25, -0.2) is 0 Å². The molecule has 0 aromatic heterocycles. The molecule has 0 aliphatic carbocycles. The van der Waals surface area contributed by atoms with Gasteiger partial charge in [-0.15, -0.1) is 0 Å². The predicted octanol–water partition coefficient (Wildman–Crippen LogP) is 4.24. The summed E-state index contributed by atoms with van der Waals surface area (Å²) in [5.41, 5.74) is 0.892. The van der Waals surface area contributed by atoms with Gasteiger partial charge in [0.1, 0.15) is 0 Å². The van der Waals surface area contributed by atoms with Gasteiger partial charge in [-0.2, -0.15) is 5.26 Å². The molecular weight excluding hydrogens is 336 g/mol. The third kappa shape index (κ3) is 4.68. The lowest BCUT2D eigenvalue weighted by Gasteiger charge is -2.30. The second-order valence-corrected chi connectivity index (χ2v) is 7.27. The van der Waals surface area contributed by atoms with Gasteiger partial charge in [-0.1, -0.05) is 44.5 Å². The average Bonchev–Trinajstić information content (AvgIpc) is 2.58. The van der Waals surface area contributed by atoms with E-state index in [9.17, 15) is 9.59 Å². The Balaban J connectivity index is 2.26. The average molecular weight is 355 g/mol. The zero-order valence-corrected chi connectivity index (χ0v) is 15.1. The summed E-state index contributed by atoms with van der Waals surface area (Å²) in [7, 11) is 0. The van der Waals surface area contributed by atoms with E-state index in [1.807, 2.05) is 26.8 Å². The Hall–Kier alpha value is -2.64. The van der Waals surface area contributed by atoms with Crippen molar-refractivity contribution in [2.45, 2.75) is 26.8 Å². The van der Waals surface area contributed by atoms with Crippen molar-refractivity contribution in [1.29, 1.82) is 5.26 Å². The number of amides is 1. The van der Waals surface area contributed by atoms with Crippen molar-refractivity contribution < 1.29 is 9.59 Å². The lowest BCUT2D eigenvalue weighted by atomic mass is 9.82. The first-order chi connectivity index (χ1) is 11.7. The molecule has 2 aromatic rings. The largest absolute Gasteiger partial charge is 0.341 e. The minimum atomic E-state index is -0.705. The summed E-state index contributed by atoms with van der Waals surface area (Å²) in [6.45, 7) is 5.67. The number of benzene rings is 2. The molecule has 1 N–H and O–H groups in total. The van der Waals surface area contributed by atoms with E-state index in [1.54, 1.807) is 48.5 Å². The van der Waals surface area contributed by atoms with E-state index in [0.29, 0.717) is 21.7 Å². The van der Waals surface area contributed by atoms with E-state index in [4.69, 9.17) is 16.9 Å². The van der Waals surface area contributed by atoms with Gasteiger partial charge in [0.05, 0.1) is 17.7 Å². The molecule has 0 saturated heterocycles. The zero-order chi connectivity index (χ0) is 18.6. The van der Waals surface area contributed by atoms with Crippen LogP contribution in [0.3, 0.4) is 0 Å². The molecule has 128 valence electrons. The molecular formula is C20H19ClN2O2. The van der Waals surface area contributed by atoms with Crippen molar-refractivity contribution in [1.82, 2.24) is 5.32 Å². The van der Waals surface area contributed by atoms with Crippen LogP contribution in [-0.2, 0) is 0 Å². The molecule has 0 bridgehead atoms. The Kier molecular flexibility index (Phi) is 5.61. The number of carbonyl (C=O) groups excluding carboxylic acids is 2. The monoisotopic (exact) mass is 354 g/mol. The number of rotatable bonds is 4. The quantitative estimate of drug-likeness (QED) is 0.835. The van der Waals surface area contributed by atoms with E-state index in [1.165, 1.54) is 0 Å². The van der Waals surface area contributed by atoms with E-state index < -0.39 is 11.5 Å². The van der Waals surface area contributed by atoms with E-state index in [2.05, 4.69) is 5.32 Å². The molecule has 2 rings (SSSR count). The molecule has 1 unspecified atom stereocenters. The maximum atomic E-state index is 12.9. The highest BCUT2D eigenvalue weighted by Gasteiger charge is 2.33. The standard InChI is InChI=1S/C20H19ClN2O2/c1-20(2,3)18(17(24)14-6-4-13(12-22)5-7-14)23-19(25)15-8-10-16(21)11-9-15/h4-11,18H,1-3H3,(H,23,25). The van der Waals surface area contributed by atoms with Crippen molar-refractivity contribution in [2.75, 3.05) is 0 Å². The number of hydrogen-bond acceptors (Lipinski definition) is 3. The fourth-order valence-electron chi connectivity index (χ4n) is 2.37. The Labute approximate surface area is 152 Å². The number of ketones is 1. The van der Waals surface area contributed by atoms with Gasteiger partial charge in [0.2, 0.25) is 0 Å². The second-order valence-electron chi connectivity index (χ2n) is 6.83. The third-order valence-electron chi connectivity index (χ3n) is 3.81. The van der Waals surface area contributed by atoms with Gasteiger partial charge in [-0.05, 0) is 41.8 Å². The Morgan fingerprint density at radius 3 is 2.00 bits per heavy atom. The van der Waals surface area contributed by atoms with Crippen LogP contribution in [0.15, 0.2) is 48.5 Å². The molecule has 0 saturated carbocycles. The summed E-state index contributed by atoms with van der Waals surface area (Å²) < 4.78 is 0. The highest BCUT2D eigenvalue weighted by Crippen LogP contribution is 2.23. The smallest absolute Gasteiger partial charge is 0.251 e. The maximum Gasteiger partial charge on any atom is 0.251 e. The Morgan fingerprint density at radius 2 is 1.52 bits per heavy atom. The van der Waals surface area contributed by atoms with Crippen LogP contribution in [0.5, 0.6) is 0 Å². The summed E-state index contributed by atoms with van der Waals surface area (Å²) in [6, 6.07) is 14.2. The number of carbonyl (C=O) groups is 2. The number of Topliss-reactive ketones (excluding diaryl/α,β-unsaturated/α-hetero) is 1. The predicted molar refractivity (Wildman–Crippen MR) is 97.6 cm³/mol. The fraction of sp³-hybridized carbons (Fsp3) is 0.250. The number of nitriles is 1. The van der Waals surface area contributed by atoms with Crippen LogP contribution in [0.1, 0.15) is 47.1 Å². The van der Waals surface area contributed by atoms with E-state index >= 15 is 0 Å². The lowest BCUT2D eigenvalue weighted by molar-refractivity contribution is 0.0782. The van der Waals surface area contributed by atoms with Crippen molar-refractivity contribution in [3.05, 3.63) is 70.2 Å². The summed E-state index contributed by atoms with van der Waals surface area (Å²) in [5.74, 6) is -0.530. The van der Waals surface area contributed by atoms with Crippen molar-refractivity contribution >= 4 is 23.3 Å². The zero-order valence-electron chi connectivity index (χ0n) is 14.3. The van der Waals surface area contributed by atoms with Crippen molar-refractivity contribution in [3.63, 3.8) is 0 Å². The molecule has 25 heavy (non-hydrogen) atoms. The number of nitrogens with one attached hydrogen (secondary N) is 1. The molecule has 5 heteroatoms. The van der Waals surface area contributed by atoms with E-state index in [-0.39, 0.29) is 11.7 Å². The van der Waals surface area contributed by atoms with Gasteiger partial charge < -0.3 is 5.32 Å². The maximum absolute atomic E-state index is 12.9. The summed E-state index contributed by atoms with van der Waals surface area (Å²) in [4.78, 5) is 25.4. The van der Waals surface area contributed by atoms with E-state index in [0.717, 1.165) is 0 Å². The third-order valence-corrected chi connectivity index (χ3v) is 4.06. The summed E-state index contributed by atoms with van der Waals surface area (Å²) in [5, 5.41) is 12.2. The van der Waals surface area contributed by atoms with Crippen LogP contribution in [0.25, 0.3) is 0 Å². The topological polar surface area (TPSA) is 70.0 Å². The van der Waals surface area contributed by atoms with Gasteiger partial charge in [0, 0.05) is 16.1 Å². The van der Waals surface area contributed by atoms with Crippen LogP contribution in [0.4, 0.5) is 0 Å². The molecule has 0 aliphatic rings. The van der Waals surface area contributed by atoms with Gasteiger partial charge in [0.15, 0.2) is 5.78 Å². The highest BCUT2D eigenvalue weighted by atomic mass is 35.5. The lowest BCUT2D eigenvalue weighted by Crippen LogP contribution is -2.49. The van der Waals surface area contributed by atoms with Crippen LogP contribution >= 0.6 is 11.6 Å². The van der Waals surface area contributed by atoms with Crippen molar-refractivity contribution in [2.24, 2.45) is 5.41 Å². The number of hydrogen-bond donors (Lipinski definition) is 1. The molecule has 0 radical (unpaired) electrons. The summed E-state index contributed by atoms with van der Waals surface area (Å²) >= 11 is 5.84. The van der Waals surface area contributed by atoms with Crippen LogP contribution in [0, 0.1) is 16.7 Å². The molecule has 4 nitrogen and oxygen atoms in total. The molecule has 0 fully saturated rings. The first kappa shape index (κ1) is 18.7.